The topological polar surface area (TPSA) is 62.5 Å². The molecule has 1 fully saturated rings. The van der Waals surface area contributed by atoms with Gasteiger partial charge in [-0.2, -0.15) is 0 Å². The molecule has 0 aromatic carbocycles. The minimum atomic E-state index is -0.341. The Labute approximate surface area is 126 Å². The highest BCUT2D eigenvalue weighted by atomic mass is 35.5. The molecule has 2 heterocycles. The maximum atomic E-state index is 12.1. The summed E-state index contributed by atoms with van der Waals surface area (Å²) in [4.78, 5) is 20.5. The van der Waals surface area contributed by atoms with Crippen LogP contribution in [0, 0.1) is 0 Å². The van der Waals surface area contributed by atoms with E-state index in [1.54, 1.807) is 6.20 Å². The zero-order valence-corrected chi connectivity index (χ0v) is 12.7. The average Bonchev–Trinajstić information content (AvgIpc) is 2.48. The zero-order valence-electron chi connectivity index (χ0n) is 11.9. The summed E-state index contributed by atoms with van der Waals surface area (Å²) in [5.41, 5.74) is 5.89. The predicted octanol–water partition coefficient (Wildman–Crippen LogP) is 1.28. The molecule has 0 radical (unpaired) electrons. The molecule has 1 amide bonds. The van der Waals surface area contributed by atoms with Crippen LogP contribution in [0.15, 0.2) is 24.4 Å². The lowest BCUT2D eigenvalue weighted by Crippen LogP contribution is -2.53. The number of amides is 1. The van der Waals surface area contributed by atoms with Crippen molar-refractivity contribution < 1.29 is 4.79 Å². The maximum absolute atomic E-state index is 12.1. The van der Waals surface area contributed by atoms with Crippen LogP contribution in [0.25, 0.3) is 0 Å². The number of carbonyl (C=O) groups is 1. The Morgan fingerprint density at radius 3 is 2.60 bits per heavy atom. The van der Waals surface area contributed by atoms with E-state index in [0.717, 1.165) is 44.8 Å². The van der Waals surface area contributed by atoms with Crippen molar-refractivity contribution in [1.29, 1.82) is 0 Å². The van der Waals surface area contributed by atoms with E-state index in [-0.39, 0.29) is 24.4 Å². The first-order valence-electron chi connectivity index (χ1n) is 6.92. The van der Waals surface area contributed by atoms with E-state index in [9.17, 15) is 4.79 Å². The summed E-state index contributed by atoms with van der Waals surface area (Å²) in [6, 6.07) is 5.55. The second-order valence-electron chi connectivity index (χ2n) is 4.90. The van der Waals surface area contributed by atoms with Crippen molar-refractivity contribution in [1.82, 2.24) is 9.88 Å². The summed E-state index contributed by atoms with van der Waals surface area (Å²) in [5, 5.41) is 0. The van der Waals surface area contributed by atoms with Crippen LogP contribution in [0.1, 0.15) is 19.8 Å². The number of nitrogens with two attached hydrogens (primary N) is 1. The van der Waals surface area contributed by atoms with Gasteiger partial charge in [-0.05, 0) is 18.6 Å². The Bertz CT molecular complexity index is 407. The van der Waals surface area contributed by atoms with Crippen LogP contribution in [-0.2, 0) is 4.79 Å². The first-order chi connectivity index (χ1) is 9.22. The molecular formula is C14H23ClN4O. The van der Waals surface area contributed by atoms with E-state index in [1.165, 1.54) is 0 Å². The first-order valence-corrected chi connectivity index (χ1v) is 6.92. The quantitative estimate of drug-likeness (QED) is 0.909. The van der Waals surface area contributed by atoms with Crippen LogP contribution in [0.4, 0.5) is 5.82 Å². The number of pyridine rings is 1. The maximum Gasteiger partial charge on any atom is 0.239 e. The summed E-state index contributed by atoms with van der Waals surface area (Å²) in [5.74, 6) is 1.06. The number of hydrogen-bond acceptors (Lipinski definition) is 4. The first kappa shape index (κ1) is 16.7. The largest absolute Gasteiger partial charge is 0.353 e. The van der Waals surface area contributed by atoms with Gasteiger partial charge in [0.1, 0.15) is 5.82 Å². The van der Waals surface area contributed by atoms with Gasteiger partial charge in [0.2, 0.25) is 5.91 Å². The number of halogens is 1. The van der Waals surface area contributed by atoms with Crippen molar-refractivity contribution in [2.24, 2.45) is 5.73 Å². The van der Waals surface area contributed by atoms with Gasteiger partial charge in [-0.1, -0.05) is 19.4 Å². The van der Waals surface area contributed by atoms with Gasteiger partial charge in [0.05, 0.1) is 6.04 Å². The van der Waals surface area contributed by atoms with Crippen LogP contribution in [0.2, 0.25) is 0 Å². The Morgan fingerprint density at radius 2 is 2.05 bits per heavy atom. The van der Waals surface area contributed by atoms with E-state index in [0.29, 0.717) is 0 Å². The molecule has 5 nitrogen and oxygen atoms in total. The molecule has 1 aromatic heterocycles. The molecule has 6 heteroatoms. The number of nitrogens with zero attached hydrogens (tertiary/aromatic N) is 3. The molecule has 112 valence electrons. The highest BCUT2D eigenvalue weighted by Gasteiger charge is 2.25. The van der Waals surface area contributed by atoms with Crippen LogP contribution in [0.5, 0.6) is 0 Å². The zero-order chi connectivity index (χ0) is 13.7. The van der Waals surface area contributed by atoms with Gasteiger partial charge in [-0.25, -0.2) is 4.98 Å². The highest BCUT2D eigenvalue weighted by molar-refractivity contribution is 5.85. The summed E-state index contributed by atoms with van der Waals surface area (Å²) >= 11 is 0. The number of piperazine rings is 1. The molecule has 0 bridgehead atoms. The number of aromatic nitrogens is 1. The summed E-state index contributed by atoms with van der Waals surface area (Å²) in [7, 11) is 0. The lowest BCUT2D eigenvalue weighted by atomic mass is 10.1. The summed E-state index contributed by atoms with van der Waals surface area (Å²) < 4.78 is 0. The van der Waals surface area contributed by atoms with Crippen LogP contribution < -0.4 is 10.6 Å². The van der Waals surface area contributed by atoms with Crippen LogP contribution in [-0.4, -0.2) is 48.0 Å². The van der Waals surface area contributed by atoms with Crippen molar-refractivity contribution >= 4 is 24.1 Å². The minimum Gasteiger partial charge on any atom is -0.353 e. The van der Waals surface area contributed by atoms with Crippen molar-refractivity contribution in [2.75, 3.05) is 31.1 Å². The molecule has 1 aliphatic rings. The fourth-order valence-corrected chi connectivity index (χ4v) is 2.37. The van der Waals surface area contributed by atoms with Gasteiger partial charge >= 0.3 is 0 Å². The molecule has 1 unspecified atom stereocenters. The van der Waals surface area contributed by atoms with Gasteiger partial charge in [-0.3, -0.25) is 4.79 Å². The molecule has 2 N–H and O–H groups in total. The van der Waals surface area contributed by atoms with Crippen LogP contribution in [0.3, 0.4) is 0 Å². The fraction of sp³-hybridized carbons (Fsp3) is 0.571. The van der Waals surface area contributed by atoms with E-state index in [4.69, 9.17) is 5.73 Å². The molecule has 1 aromatic rings. The smallest absolute Gasteiger partial charge is 0.239 e. The molecule has 0 aliphatic carbocycles. The van der Waals surface area contributed by atoms with E-state index in [1.807, 2.05) is 30.0 Å². The van der Waals surface area contributed by atoms with Gasteiger partial charge in [0.25, 0.3) is 0 Å². The molecular weight excluding hydrogens is 276 g/mol. The average molecular weight is 299 g/mol. The second-order valence-corrected chi connectivity index (χ2v) is 4.90. The number of anilines is 1. The van der Waals surface area contributed by atoms with Gasteiger partial charge < -0.3 is 15.5 Å². The van der Waals surface area contributed by atoms with E-state index >= 15 is 0 Å². The van der Waals surface area contributed by atoms with E-state index in [2.05, 4.69) is 9.88 Å². The Morgan fingerprint density at radius 1 is 1.35 bits per heavy atom. The van der Waals surface area contributed by atoms with E-state index < -0.39 is 0 Å². The molecule has 1 aliphatic heterocycles. The Balaban J connectivity index is 0.00000200. The second kappa shape index (κ2) is 8.07. The predicted molar refractivity (Wildman–Crippen MR) is 83.2 cm³/mol. The standard InChI is InChI=1S/C14H22N4O.ClH/c1-2-5-12(15)14(19)18-10-8-17(9-11-18)13-6-3-4-7-16-13;/h3-4,6-7,12H,2,5,8-11,15H2,1H3;1H. The number of carbonyl (C=O) groups excluding carboxylic acids is 1. The third kappa shape index (κ3) is 4.08. The third-order valence-electron chi connectivity index (χ3n) is 3.48. The highest BCUT2D eigenvalue weighted by Crippen LogP contribution is 2.13. The Hall–Kier alpha value is -1.33. The third-order valence-corrected chi connectivity index (χ3v) is 3.48. The monoisotopic (exact) mass is 298 g/mol. The fourth-order valence-electron chi connectivity index (χ4n) is 2.37. The van der Waals surface area contributed by atoms with Crippen molar-refractivity contribution in [2.45, 2.75) is 25.8 Å². The van der Waals surface area contributed by atoms with Gasteiger partial charge in [-0.15, -0.1) is 12.4 Å². The molecule has 1 atom stereocenters. The van der Waals surface area contributed by atoms with Gasteiger partial charge in [0, 0.05) is 32.4 Å². The molecule has 1 saturated heterocycles. The molecule has 20 heavy (non-hydrogen) atoms. The van der Waals surface area contributed by atoms with Crippen LogP contribution >= 0.6 is 12.4 Å². The van der Waals surface area contributed by atoms with Crippen molar-refractivity contribution in [3.63, 3.8) is 0 Å². The Kier molecular flexibility index (Phi) is 6.75. The SMILES string of the molecule is CCCC(N)C(=O)N1CCN(c2ccccn2)CC1.Cl. The lowest BCUT2D eigenvalue weighted by molar-refractivity contribution is -0.133. The number of hydrogen-bond donors (Lipinski definition) is 1. The van der Waals surface area contributed by atoms with Gasteiger partial charge in [0.15, 0.2) is 0 Å². The molecule has 0 spiro atoms. The van der Waals surface area contributed by atoms with Crippen molar-refractivity contribution in [3.05, 3.63) is 24.4 Å². The van der Waals surface area contributed by atoms with Crippen molar-refractivity contribution in [3.8, 4) is 0 Å². The molecule has 0 saturated carbocycles. The summed E-state index contributed by atoms with van der Waals surface area (Å²) in [6.07, 6.45) is 3.50. The lowest BCUT2D eigenvalue weighted by Gasteiger charge is -2.36. The molecule has 2 rings (SSSR count). The minimum absolute atomic E-state index is 0. The number of rotatable bonds is 4. The normalized spacial score (nSPS) is 16.5. The summed E-state index contributed by atoms with van der Waals surface area (Å²) in [6.45, 7) is 5.15.